The normalized spacial score (nSPS) is 19.3. The van der Waals surface area contributed by atoms with E-state index in [1.54, 1.807) is 0 Å². The summed E-state index contributed by atoms with van der Waals surface area (Å²) < 4.78 is 10.8. The zero-order valence-corrected chi connectivity index (χ0v) is 12.3. The van der Waals surface area contributed by atoms with Crippen molar-refractivity contribution in [2.45, 2.75) is 39.2 Å². The maximum Gasteiger partial charge on any atom is 0.231 e. The van der Waals surface area contributed by atoms with Gasteiger partial charge in [-0.05, 0) is 30.5 Å². The second-order valence-corrected chi connectivity index (χ2v) is 5.54. The Morgan fingerprint density at radius 1 is 1.05 bits per heavy atom. The number of nitrogens with zero attached hydrogens (tertiary/aromatic N) is 2. The van der Waals surface area contributed by atoms with Crippen molar-refractivity contribution in [2.75, 3.05) is 26.4 Å². The largest absolute Gasteiger partial charge is 0.454 e. The second kappa shape index (κ2) is 6.46. The first-order chi connectivity index (χ1) is 9.86. The van der Waals surface area contributed by atoms with Crippen LogP contribution in [0.15, 0.2) is 18.2 Å². The Bertz CT molecular complexity index is 442. The molecule has 3 rings (SSSR count). The molecule has 0 radical (unpaired) electrons. The zero-order valence-electron chi connectivity index (χ0n) is 12.3. The van der Waals surface area contributed by atoms with Crippen molar-refractivity contribution in [3.8, 4) is 11.5 Å². The van der Waals surface area contributed by atoms with Crippen molar-refractivity contribution in [2.24, 2.45) is 0 Å². The number of hydrogen-bond donors (Lipinski definition) is 0. The van der Waals surface area contributed by atoms with Crippen LogP contribution in [-0.4, -0.2) is 36.4 Å². The lowest BCUT2D eigenvalue weighted by atomic mass is 10.2. The summed E-state index contributed by atoms with van der Waals surface area (Å²) in [4.78, 5) is 0. The number of hydrazine groups is 1. The molecule has 0 bridgehead atoms. The summed E-state index contributed by atoms with van der Waals surface area (Å²) in [6.45, 7) is 6.97. The molecular formula is C16H24N2O2. The molecule has 0 amide bonds. The van der Waals surface area contributed by atoms with E-state index in [-0.39, 0.29) is 0 Å². The van der Waals surface area contributed by atoms with Crippen LogP contribution in [0.25, 0.3) is 0 Å². The molecule has 0 unspecified atom stereocenters. The number of benzene rings is 1. The van der Waals surface area contributed by atoms with Crippen molar-refractivity contribution >= 4 is 0 Å². The smallest absolute Gasteiger partial charge is 0.231 e. The predicted molar refractivity (Wildman–Crippen MR) is 78.7 cm³/mol. The van der Waals surface area contributed by atoms with Crippen LogP contribution >= 0.6 is 0 Å². The van der Waals surface area contributed by atoms with Crippen LogP contribution in [0.3, 0.4) is 0 Å². The Labute approximate surface area is 121 Å². The first kappa shape index (κ1) is 13.7. The number of rotatable bonds is 4. The molecule has 0 aromatic heterocycles. The Morgan fingerprint density at radius 3 is 2.55 bits per heavy atom. The van der Waals surface area contributed by atoms with Gasteiger partial charge < -0.3 is 9.47 Å². The lowest BCUT2D eigenvalue weighted by molar-refractivity contribution is -0.0258. The van der Waals surface area contributed by atoms with Crippen LogP contribution in [0.2, 0.25) is 0 Å². The topological polar surface area (TPSA) is 24.9 Å². The minimum atomic E-state index is 0.350. The molecule has 4 heteroatoms. The molecular weight excluding hydrogens is 252 g/mol. The molecule has 1 fully saturated rings. The monoisotopic (exact) mass is 276 g/mol. The molecule has 0 saturated carbocycles. The molecule has 1 aromatic carbocycles. The molecule has 2 heterocycles. The highest BCUT2D eigenvalue weighted by Crippen LogP contribution is 2.33. The number of hydrogen-bond acceptors (Lipinski definition) is 4. The lowest BCUT2D eigenvalue weighted by Crippen LogP contribution is -2.42. The molecule has 4 nitrogen and oxygen atoms in total. The minimum absolute atomic E-state index is 0.350. The van der Waals surface area contributed by atoms with E-state index in [1.807, 2.05) is 6.07 Å². The van der Waals surface area contributed by atoms with Crippen LogP contribution in [0, 0.1) is 0 Å². The van der Waals surface area contributed by atoms with Gasteiger partial charge >= 0.3 is 0 Å². The minimum Gasteiger partial charge on any atom is -0.454 e. The zero-order chi connectivity index (χ0) is 13.8. The Balaban J connectivity index is 1.67. The average molecular weight is 276 g/mol. The fourth-order valence-electron chi connectivity index (χ4n) is 3.00. The van der Waals surface area contributed by atoms with Crippen LogP contribution in [0.5, 0.6) is 11.5 Å². The maximum atomic E-state index is 5.47. The van der Waals surface area contributed by atoms with Gasteiger partial charge in [0.05, 0.1) is 0 Å². The Hall–Kier alpha value is -1.26. The first-order valence-corrected chi connectivity index (χ1v) is 7.75. The third kappa shape index (κ3) is 3.07. The maximum absolute atomic E-state index is 5.47. The highest BCUT2D eigenvalue weighted by Gasteiger charge is 2.18. The molecule has 0 N–H and O–H groups in total. The van der Waals surface area contributed by atoms with Crippen molar-refractivity contribution in [3.05, 3.63) is 23.8 Å². The van der Waals surface area contributed by atoms with Gasteiger partial charge in [-0.2, -0.15) is 0 Å². The van der Waals surface area contributed by atoms with E-state index in [1.165, 1.54) is 44.3 Å². The fraction of sp³-hybridized carbons (Fsp3) is 0.625. The van der Waals surface area contributed by atoms with Crippen molar-refractivity contribution in [1.82, 2.24) is 10.0 Å². The third-order valence-corrected chi connectivity index (χ3v) is 4.15. The van der Waals surface area contributed by atoms with E-state index in [4.69, 9.17) is 9.47 Å². The van der Waals surface area contributed by atoms with Gasteiger partial charge in [0.2, 0.25) is 6.79 Å². The third-order valence-electron chi connectivity index (χ3n) is 4.15. The van der Waals surface area contributed by atoms with Gasteiger partial charge in [-0.15, -0.1) is 0 Å². The number of ether oxygens (including phenoxy) is 2. The summed E-state index contributed by atoms with van der Waals surface area (Å²) >= 11 is 0. The molecule has 110 valence electrons. The van der Waals surface area contributed by atoms with Gasteiger partial charge in [0.25, 0.3) is 0 Å². The second-order valence-electron chi connectivity index (χ2n) is 5.54. The Morgan fingerprint density at radius 2 is 1.80 bits per heavy atom. The summed E-state index contributed by atoms with van der Waals surface area (Å²) in [6, 6.07) is 6.28. The lowest BCUT2D eigenvalue weighted by Gasteiger charge is -2.33. The highest BCUT2D eigenvalue weighted by atomic mass is 16.7. The van der Waals surface area contributed by atoms with Gasteiger partial charge in [-0.3, -0.25) is 0 Å². The molecule has 0 atom stereocenters. The molecule has 0 aliphatic carbocycles. The van der Waals surface area contributed by atoms with Crippen LogP contribution in [0.4, 0.5) is 0 Å². The molecule has 0 spiro atoms. The van der Waals surface area contributed by atoms with E-state index in [9.17, 15) is 0 Å². The van der Waals surface area contributed by atoms with E-state index in [0.29, 0.717) is 6.79 Å². The van der Waals surface area contributed by atoms with Crippen LogP contribution < -0.4 is 9.47 Å². The van der Waals surface area contributed by atoms with Gasteiger partial charge in [0.15, 0.2) is 11.5 Å². The summed E-state index contributed by atoms with van der Waals surface area (Å²) in [5, 5.41) is 4.99. The van der Waals surface area contributed by atoms with Crippen molar-refractivity contribution in [1.29, 1.82) is 0 Å². The summed E-state index contributed by atoms with van der Waals surface area (Å²) in [5.41, 5.74) is 1.29. The van der Waals surface area contributed by atoms with Gasteiger partial charge in [0.1, 0.15) is 0 Å². The molecule has 1 saturated heterocycles. The van der Waals surface area contributed by atoms with Crippen LogP contribution in [0.1, 0.15) is 38.2 Å². The van der Waals surface area contributed by atoms with E-state index < -0.39 is 0 Å². The molecule has 2 aliphatic rings. The van der Waals surface area contributed by atoms with Gasteiger partial charge in [-0.1, -0.05) is 25.8 Å². The standard InChI is InChI=1S/C16H24N2O2/c1-2-17(18-9-5-3-4-6-10-18)12-14-7-8-15-16(11-14)20-13-19-15/h7-8,11H,2-6,9-10,12-13H2,1H3. The summed E-state index contributed by atoms with van der Waals surface area (Å²) in [6.07, 6.45) is 5.38. The molecule has 2 aliphatic heterocycles. The first-order valence-electron chi connectivity index (χ1n) is 7.75. The van der Waals surface area contributed by atoms with E-state index >= 15 is 0 Å². The fourth-order valence-corrected chi connectivity index (χ4v) is 3.00. The molecule has 1 aromatic rings. The Kier molecular flexibility index (Phi) is 4.43. The predicted octanol–water partition coefficient (Wildman–Crippen LogP) is 3.03. The summed E-state index contributed by atoms with van der Waals surface area (Å²) in [5.74, 6) is 1.75. The SMILES string of the molecule is CCN(Cc1ccc2c(c1)OCO2)N1CCCCCC1. The van der Waals surface area contributed by atoms with Crippen LogP contribution in [-0.2, 0) is 6.54 Å². The van der Waals surface area contributed by atoms with Crippen molar-refractivity contribution in [3.63, 3.8) is 0 Å². The highest BCUT2D eigenvalue weighted by molar-refractivity contribution is 5.44. The van der Waals surface area contributed by atoms with E-state index in [0.717, 1.165) is 24.6 Å². The number of fused-ring (bicyclic) bond motifs is 1. The van der Waals surface area contributed by atoms with E-state index in [2.05, 4.69) is 29.1 Å². The summed E-state index contributed by atoms with van der Waals surface area (Å²) in [7, 11) is 0. The van der Waals surface area contributed by atoms with Gasteiger partial charge in [-0.25, -0.2) is 10.0 Å². The molecule has 20 heavy (non-hydrogen) atoms. The van der Waals surface area contributed by atoms with Crippen molar-refractivity contribution < 1.29 is 9.47 Å². The van der Waals surface area contributed by atoms with Gasteiger partial charge in [0, 0.05) is 26.2 Å². The quantitative estimate of drug-likeness (QED) is 0.844. The average Bonchev–Trinajstić information content (AvgIpc) is 2.77.